The van der Waals surface area contributed by atoms with Gasteiger partial charge < -0.3 is 4.98 Å². The van der Waals surface area contributed by atoms with Crippen molar-refractivity contribution in [2.24, 2.45) is 5.92 Å². The Labute approximate surface area is 111 Å². The molecule has 0 amide bonds. The summed E-state index contributed by atoms with van der Waals surface area (Å²) in [6.45, 7) is 1.86. The zero-order valence-electron chi connectivity index (χ0n) is 9.94. The molecule has 1 aromatic heterocycles. The van der Waals surface area contributed by atoms with Crippen molar-refractivity contribution >= 4 is 21.6 Å². The van der Waals surface area contributed by atoms with E-state index in [1.165, 1.54) is 0 Å². The molecule has 2 rings (SSSR count). The molecular weight excluding hydrogens is 276 g/mol. The van der Waals surface area contributed by atoms with Gasteiger partial charge in [0.2, 0.25) is 10.0 Å². The van der Waals surface area contributed by atoms with Crippen molar-refractivity contribution in [3.8, 4) is 0 Å². The second-order valence-electron chi connectivity index (χ2n) is 4.61. The van der Waals surface area contributed by atoms with E-state index in [2.05, 4.69) is 9.71 Å². The fourth-order valence-electron chi connectivity index (χ4n) is 1.94. The Kier molecular flexibility index (Phi) is 3.79. The van der Waals surface area contributed by atoms with Crippen LogP contribution in [0.15, 0.2) is 22.0 Å². The normalized spacial score (nSPS) is 18.3. The molecule has 7 heteroatoms. The second-order valence-corrected chi connectivity index (χ2v) is 6.73. The predicted molar refractivity (Wildman–Crippen MR) is 69.2 cm³/mol. The maximum absolute atomic E-state index is 12.1. The fraction of sp³-hybridized carbons (Fsp3) is 0.545. The number of pyridine rings is 1. The molecule has 1 aliphatic rings. The molecule has 1 unspecified atom stereocenters. The molecule has 1 heterocycles. The minimum atomic E-state index is -3.62. The standard InChI is InChI=1S/C11H15ClN2O3S/c1-7(8-3-2-4-8)14-18(16,17)9-5-10(12)11(15)13-6-9/h5-8,14H,2-4H2,1H3,(H,13,15). The zero-order chi connectivity index (χ0) is 13.3. The van der Waals surface area contributed by atoms with E-state index in [1.54, 1.807) is 0 Å². The Balaban J connectivity index is 2.19. The summed E-state index contributed by atoms with van der Waals surface area (Å²) in [5, 5.41) is -0.130. The summed E-state index contributed by atoms with van der Waals surface area (Å²) in [6, 6.07) is 1.06. The molecule has 5 nitrogen and oxygen atoms in total. The highest BCUT2D eigenvalue weighted by molar-refractivity contribution is 7.89. The van der Waals surface area contributed by atoms with Crippen LogP contribution in [0, 0.1) is 5.92 Å². The number of sulfonamides is 1. The summed E-state index contributed by atoms with van der Waals surface area (Å²) in [4.78, 5) is 13.4. The van der Waals surface area contributed by atoms with E-state index in [4.69, 9.17) is 11.6 Å². The Morgan fingerprint density at radius 2 is 2.17 bits per heavy atom. The Bertz CT molecular complexity index is 593. The molecule has 2 N–H and O–H groups in total. The second kappa shape index (κ2) is 5.03. The first-order valence-corrected chi connectivity index (χ1v) is 7.67. The third kappa shape index (κ3) is 2.76. The van der Waals surface area contributed by atoms with Crippen LogP contribution in [0.3, 0.4) is 0 Å². The summed E-state index contributed by atoms with van der Waals surface area (Å²) >= 11 is 5.62. The van der Waals surface area contributed by atoms with Gasteiger partial charge in [-0.15, -0.1) is 0 Å². The van der Waals surface area contributed by atoms with E-state index in [0.29, 0.717) is 5.92 Å². The third-order valence-corrected chi connectivity index (χ3v) is 5.16. The van der Waals surface area contributed by atoms with Gasteiger partial charge in [-0.1, -0.05) is 18.0 Å². The fourth-order valence-corrected chi connectivity index (χ4v) is 3.48. The summed E-state index contributed by atoms with van der Waals surface area (Å²) in [7, 11) is -3.62. The maximum atomic E-state index is 12.1. The molecule has 18 heavy (non-hydrogen) atoms. The number of aromatic nitrogens is 1. The third-order valence-electron chi connectivity index (χ3n) is 3.34. The van der Waals surface area contributed by atoms with Gasteiger partial charge in [-0.25, -0.2) is 13.1 Å². The van der Waals surface area contributed by atoms with E-state index in [-0.39, 0.29) is 16.0 Å². The lowest BCUT2D eigenvalue weighted by molar-refractivity contribution is 0.260. The van der Waals surface area contributed by atoms with Crippen molar-refractivity contribution in [3.05, 3.63) is 27.6 Å². The molecule has 1 fully saturated rings. The smallest absolute Gasteiger partial charge is 0.266 e. The van der Waals surface area contributed by atoms with Crippen LogP contribution in [-0.2, 0) is 10.0 Å². The van der Waals surface area contributed by atoms with Gasteiger partial charge in [0.05, 0.1) is 4.90 Å². The first-order valence-electron chi connectivity index (χ1n) is 5.81. The molecule has 0 spiro atoms. The molecule has 0 bridgehead atoms. The Hall–Kier alpha value is -0.850. The average Bonchev–Trinajstić information content (AvgIpc) is 2.18. The Morgan fingerprint density at radius 3 is 2.67 bits per heavy atom. The zero-order valence-corrected chi connectivity index (χ0v) is 11.5. The van der Waals surface area contributed by atoms with Crippen LogP contribution < -0.4 is 10.3 Å². The van der Waals surface area contributed by atoms with Crippen molar-refractivity contribution in [1.29, 1.82) is 0 Å². The molecule has 1 aromatic rings. The molecule has 0 aliphatic heterocycles. The lowest BCUT2D eigenvalue weighted by Crippen LogP contribution is -2.40. The first kappa shape index (κ1) is 13.6. The van der Waals surface area contributed by atoms with Crippen LogP contribution in [0.2, 0.25) is 5.02 Å². The topological polar surface area (TPSA) is 79.0 Å². The van der Waals surface area contributed by atoms with Gasteiger partial charge in [0.15, 0.2) is 0 Å². The van der Waals surface area contributed by atoms with Crippen LogP contribution in [0.25, 0.3) is 0 Å². The Morgan fingerprint density at radius 1 is 1.50 bits per heavy atom. The van der Waals surface area contributed by atoms with Crippen molar-refractivity contribution < 1.29 is 8.42 Å². The van der Waals surface area contributed by atoms with Crippen LogP contribution in [0.4, 0.5) is 0 Å². The quantitative estimate of drug-likeness (QED) is 0.882. The van der Waals surface area contributed by atoms with E-state index < -0.39 is 15.6 Å². The van der Waals surface area contributed by atoms with Crippen LogP contribution >= 0.6 is 11.6 Å². The predicted octanol–water partition coefficient (Wildman–Crippen LogP) is 1.50. The highest BCUT2D eigenvalue weighted by atomic mass is 35.5. The molecular formula is C11H15ClN2O3S. The summed E-state index contributed by atoms with van der Waals surface area (Å²) < 4.78 is 26.7. The number of rotatable bonds is 4. The number of nitrogens with one attached hydrogen (secondary N) is 2. The van der Waals surface area contributed by atoms with Gasteiger partial charge in [0, 0.05) is 12.2 Å². The van der Waals surface area contributed by atoms with Gasteiger partial charge >= 0.3 is 0 Å². The average molecular weight is 291 g/mol. The summed E-state index contributed by atoms with van der Waals surface area (Å²) in [5.74, 6) is 0.401. The number of aromatic amines is 1. The van der Waals surface area contributed by atoms with Crippen molar-refractivity contribution in [3.63, 3.8) is 0 Å². The monoisotopic (exact) mass is 290 g/mol. The van der Waals surface area contributed by atoms with E-state index in [0.717, 1.165) is 31.5 Å². The number of hydrogen-bond acceptors (Lipinski definition) is 3. The van der Waals surface area contributed by atoms with Crippen molar-refractivity contribution in [2.45, 2.75) is 37.1 Å². The minimum absolute atomic E-state index is 0.0155. The van der Waals surface area contributed by atoms with Crippen molar-refractivity contribution in [2.75, 3.05) is 0 Å². The number of hydrogen-bond donors (Lipinski definition) is 2. The molecule has 100 valence electrons. The molecule has 0 aromatic carbocycles. The van der Waals surface area contributed by atoms with Crippen LogP contribution in [-0.4, -0.2) is 19.4 Å². The molecule has 1 aliphatic carbocycles. The summed E-state index contributed by atoms with van der Waals surface area (Å²) in [5.41, 5.74) is -0.498. The SMILES string of the molecule is CC(NS(=O)(=O)c1c[nH]c(=O)c(Cl)c1)C1CCC1. The van der Waals surface area contributed by atoms with E-state index in [9.17, 15) is 13.2 Å². The maximum Gasteiger partial charge on any atom is 0.266 e. The van der Waals surface area contributed by atoms with E-state index >= 15 is 0 Å². The van der Waals surface area contributed by atoms with Crippen LogP contribution in [0.1, 0.15) is 26.2 Å². The summed E-state index contributed by atoms with van der Waals surface area (Å²) in [6.07, 6.45) is 4.41. The van der Waals surface area contributed by atoms with Gasteiger partial charge in [-0.05, 0) is 31.7 Å². The molecule has 0 radical (unpaired) electrons. The van der Waals surface area contributed by atoms with Gasteiger partial charge in [0.25, 0.3) is 5.56 Å². The molecule has 0 saturated heterocycles. The van der Waals surface area contributed by atoms with Crippen molar-refractivity contribution in [1.82, 2.24) is 9.71 Å². The minimum Gasteiger partial charge on any atom is -0.326 e. The first-order chi connectivity index (χ1) is 8.40. The molecule has 1 saturated carbocycles. The van der Waals surface area contributed by atoms with Crippen LogP contribution in [0.5, 0.6) is 0 Å². The highest BCUT2D eigenvalue weighted by Gasteiger charge is 2.28. The lowest BCUT2D eigenvalue weighted by Gasteiger charge is -2.31. The largest absolute Gasteiger partial charge is 0.326 e. The number of H-pyrrole nitrogens is 1. The lowest BCUT2D eigenvalue weighted by atomic mass is 9.81. The van der Waals surface area contributed by atoms with Gasteiger partial charge in [-0.2, -0.15) is 0 Å². The highest BCUT2D eigenvalue weighted by Crippen LogP contribution is 2.30. The van der Waals surface area contributed by atoms with Gasteiger partial charge in [-0.3, -0.25) is 4.79 Å². The molecule has 1 atom stereocenters. The van der Waals surface area contributed by atoms with E-state index in [1.807, 2.05) is 6.92 Å². The van der Waals surface area contributed by atoms with Gasteiger partial charge in [0.1, 0.15) is 5.02 Å². The number of halogens is 1.